The summed E-state index contributed by atoms with van der Waals surface area (Å²) < 4.78 is 0.929. The summed E-state index contributed by atoms with van der Waals surface area (Å²) in [5.74, 6) is 0.118. The Kier molecular flexibility index (Phi) is 6.13. The highest BCUT2D eigenvalue weighted by atomic mass is 127. The highest BCUT2D eigenvalue weighted by Gasteiger charge is 2.20. The maximum absolute atomic E-state index is 12.4. The highest BCUT2D eigenvalue weighted by molar-refractivity contribution is 14.1. The Morgan fingerprint density at radius 3 is 2.27 bits per heavy atom. The second-order valence-electron chi connectivity index (χ2n) is 6.20. The molecule has 0 unspecified atom stereocenters. The number of anilines is 2. The Balaban J connectivity index is 1.60. The van der Waals surface area contributed by atoms with E-state index in [9.17, 15) is 9.59 Å². The fourth-order valence-electron chi connectivity index (χ4n) is 3.04. The third kappa shape index (κ3) is 4.35. The van der Waals surface area contributed by atoms with Crippen LogP contribution in [0.15, 0.2) is 48.5 Å². The predicted octanol–water partition coefficient (Wildman–Crippen LogP) is 3.60. The lowest BCUT2D eigenvalue weighted by Gasteiger charge is -2.36. The third-order valence-electron chi connectivity index (χ3n) is 4.54. The van der Waals surface area contributed by atoms with Gasteiger partial charge in [-0.1, -0.05) is 19.1 Å². The molecule has 2 aromatic carbocycles. The fourth-order valence-corrected chi connectivity index (χ4v) is 3.67. The molecule has 3 rings (SSSR count). The Morgan fingerprint density at radius 1 is 1.00 bits per heavy atom. The van der Waals surface area contributed by atoms with Crippen LogP contribution in [0.5, 0.6) is 0 Å². The molecule has 1 aliphatic heterocycles. The number of benzene rings is 2. The molecule has 0 radical (unpaired) electrons. The van der Waals surface area contributed by atoms with Gasteiger partial charge >= 0.3 is 0 Å². The topological polar surface area (TPSA) is 52.7 Å². The van der Waals surface area contributed by atoms with Crippen LogP contribution in [-0.2, 0) is 4.79 Å². The minimum absolute atomic E-state index is 0.102. The molecule has 0 aliphatic carbocycles. The average molecular weight is 463 g/mol. The van der Waals surface area contributed by atoms with Crippen LogP contribution in [0.25, 0.3) is 0 Å². The first-order valence-corrected chi connectivity index (χ1v) is 9.85. The van der Waals surface area contributed by atoms with Crippen LogP contribution < -0.4 is 10.2 Å². The standard InChI is InChI=1S/C20H22IN3O2/c1-2-19(25)24-13-11-23(12-14-24)16-9-7-15(8-10-16)22-20(26)17-5-3-4-6-18(17)21/h3-10H,2,11-14H2,1H3,(H,22,26). The van der Waals surface area contributed by atoms with E-state index in [1.165, 1.54) is 0 Å². The van der Waals surface area contributed by atoms with Crippen LogP contribution in [0, 0.1) is 3.57 Å². The van der Waals surface area contributed by atoms with E-state index in [-0.39, 0.29) is 11.8 Å². The number of hydrogen-bond acceptors (Lipinski definition) is 3. The molecule has 0 atom stereocenters. The fraction of sp³-hybridized carbons (Fsp3) is 0.300. The van der Waals surface area contributed by atoms with Crippen molar-refractivity contribution >= 4 is 45.8 Å². The summed E-state index contributed by atoms with van der Waals surface area (Å²) in [5.41, 5.74) is 2.56. The second-order valence-corrected chi connectivity index (χ2v) is 7.36. The first kappa shape index (κ1) is 18.7. The number of carbonyl (C=O) groups is 2. The van der Waals surface area contributed by atoms with Crippen LogP contribution in [0.4, 0.5) is 11.4 Å². The van der Waals surface area contributed by atoms with Gasteiger partial charge in [-0.2, -0.15) is 0 Å². The van der Waals surface area contributed by atoms with Crippen molar-refractivity contribution in [1.82, 2.24) is 4.90 Å². The number of nitrogens with zero attached hydrogens (tertiary/aromatic N) is 2. The normalized spacial score (nSPS) is 14.2. The minimum Gasteiger partial charge on any atom is -0.368 e. The monoisotopic (exact) mass is 463 g/mol. The molecule has 2 aromatic rings. The van der Waals surface area contributed by atoms with Gasteiger partial charge in [-0.3, -0.25) is 9.59 Å². The zero-order chi connectivity index (χ0) is 18.5. The number of carbonyl (C=O) groups excluding carboxylic acids is 2. The molecule has 0 aromatic heterocycles. The number of halogens is 1. The van der Waals surface area contributed by atoms with E-state index in [1.54, 1.807) is 0 Å². The molecule has 2 amide bonds. The molecule has 0 saturated carbocycles. The van der Waals surface area contributed by atoms with E-state index in [1.807, 2.05) is 60.4 Å². The van der Waals surface area contributed by atoms with Crippen molar-refractivity contribution in [2.75, 3.05) is 36.4 Å². The van der Waals surface area contributed by atoms with E-state index in [0.29, 0.717) is 12.0 Å². The molecule has 1 fully saturated rings. The van der Waals surface area contributed by atoms with Crippen molar-refractivity contribution in [3.63, 3.8) is 0 Å². The lowest BCUT2D eigenvalue weighted by Crippen LogP contribution is -2.48. The molecule has 5 nitrogen and oxygen atoms in total. The Morgan fingerprint density at radius 2 is 1.65 bits per heavy atom. The summed E-state index contributed by atoms with van der Waals surface area (Å²) >= 11 is 2.17. The maximum atomic E-state index is 12.4. The SMILES string of the molecule is CCC(=O)N1CCN(c2ccc(NC(=O)c3ccccc3I)cc2)CC1. The van der Waals surface area contributed by atoms with Crippen LogP contribution in [0.1, 0.15) is 23.7 Å². The quantitative estimate of drug-likeness (QED) is 0.706. The largest absolute Gasteiger partial charge is 0.368 e. The Hall–Kier alpha value is -2.09. The summed E-state index contributed by atoms with van der Waals surface area (Å²) in [7, 11) is 0. The Bertz CT molecular complexity index is 784. The van der Waals surface area contributed by atoms with Gasteiger partial charge in [0.15, 0.2) is 0 Å². The van der Waals surface area contributed by atoms with Crippen molar-refractivity contribution in [3.8, 4) is 0 Å². The van der Waals surface area contributed by atoms with Gasteiger partial charge in [-0.25, -0.2) is 0 Å². The molecule has 1 N–H and O–H groups in total. The first-order chi connectivity index (χ1) is 12.6. The number of nitrogens with one attached hydrogen (secondary N) is 1. The highest BCUT2D eigenvalue weighted by Crippen LogP contribution is 2.21. The number of hydrogen-bond donors (Lipinski definition) is 1. The van der Waals surface area contributed by atoms with E-state index in [0.717, 1.165) is 41.1 Å². The van der Waals surface area contributed by atoms with E-state index in [2.05, 4.69) is 32.8 Å². The molecule has 0 bridgehead atoms. The van der Waals surface area contributed by atoms with Gasteiger partial charge in [-0.15, -0.1) is 0 Å². The molecular formula is C20H22IN3O2. The molecule has 26 heavy (non-hydrogen) atoms. The number of rotatable bonds is 4. The molecule has 0 spiro atoms. The minimum atomic E-state index is -0.102. The molecule has 1 aliphatic rings. The first-order valence-electron chi connectivity index (χ1n) is 8.77. The summed E-state index contributed by atoms with van der Waals surface area (Å²) in [5, 5.41) is 2.94. The van der Waals surface area contributed by atoms with Crippen molar-refractivity contribution in [2.45, 2.75) is 13.3 Å². The maximum Gasteiger partial charge on any atom is 0.256 e. The lowest BCUT2D eigenvalue weighted by molar-refractivity contribution is -0.131. The summed E-state index contributed by atoms with van der Waals surface area (Å²) in [6.45, 7) is 5.09. The summed E-state index contributed by atoms with van der Waals surface area (Å²) in [6, 6.07) is 15.4. The molecule has 136 valence electrons. The molecular weight excluding hydrogens is 441 g/mol. The van der Waals surface area contributed by atoms with E-state index >= 15 is 0 Å². The summed E-state index contributed by atoms with van der Waals surface area (Å²) in [6.07, 6.45) is 0.564. The van der Waals surface area contributed by atoms with E-state index in [4.69, 9.17) is 0 Å². The van der Waals surface area contributed by atoms with Gasteiger partial charge in [-0.05, 0) is 59.0 Å². The van der Waals surface area contributed by atoms with Crippen molar-refractivity contribution in [2.24, 2.45) is 0 Å². The van der Waals surface area contributed by atoms with Crippen LogP contribution in [-0.4, -0.2) is 42.9 Å². The smallest absolute Gasteiger partial charge is 0.256 e. The van der Waals surface area contributed by atoms with Crippen LogP contribution >= 0.6 is 22.6 Å². The van der Waals surface area contributed by atoms with Gasteiger partial charge in [0.1, 0.15) is 0 Å². The lowest BCUT2D eigenvalue weighted by atomic mass is 10.2. The molecule has 6 heteroatoms. The van der Waals surface area contributed by atoms with Gasteiger partial charge < -0.3 is 15.1 Å². The van der Waals surface area contributed by atoms with Gasteiger partial charge in [0.25, 0.3) is 5.91 Å². The van der Waals surface area contributed by atoms with Crippen molar-refractivity contribution in [3.05, 3.63) is 57.7 Å². The Labute approximate surface area is 167 Å². The van der Waals surface area contributed by atoms with Crippen molar-refractivity contribution in [1.29, 1.82) is 0 Å². The van der Waals surface area contributed by atoms with Gasteiger partial charge in [0.05, 0.1) is 5.56 Å². The zero-order valence-electron chi connectivity index (χ0n) is 14.7. The van der Waals surface area contributed by atoms with Gasteiger partial charge in [0.2, 0.25) is 5.91 Å². The number of amides is 2. The van der Waals surface area contributed by atoms with E-state index < -0.39 is 0 Å². The number of piperazine rings is 1. The van der Waals surface area contributed by atoms with Crippen LogP contribution in [0.3, 0.4) is 0 Å². The zero-order valence-corrected chi connectivity index (χ0v) is 16.9. The second kappa shape index (κ2) is 8.53. The summed E-state index contributed by atoms with van der Waals surface area (Å²) in [4.78, 5) is 28.3. The average Bonchev–Trinajstić information content (AvgIpc) is 2.68. The molecule has 1 saturated heterocycles. The molecule has 1 heterocycles. The predicted molar refractivity (Wildman–Crippen MR) is 113 cm³/mol. The third-order valence-corrected chi connectivity index (χ3v) is 5.48. The van der Waals surface area contributed by atoms with Crippen LogP contribution in [0.2, 0.25) is 0 Å². The van der Waals surface area contributed by atoms with Crippen molar-refractivity contribution < 1.29 is 9.59 Å². The van der Waals surface area contributed by atoms with Gasteiger partial charge in [0, 0.05) is 47.5 Å².